The van der Waals surface area contributed by atoms with Crippen molar-refractivity contribution < 1.29 is 8.42 Å². The largest absolute Gasteiger partial charge is 0.216 e. The molecular weight excluding hydrogens is 365 g/mol. The zero-order chi connectivity index (χ0) is 18.1. The predicted molar refractivity (Wildman–Crippen MR) is 101 cm³/mol. The minimum atomic E-state index is -3.53. The highest BCUT2D eigenvalue weighted by molar-refractivity contribution is 7.88. The minimum absolute atomic E-state index is 0.183. The van der Waals surface area contributed by atoms with Gasteiger partial charge in [0.1, 0.15) is 0 Å². The van der Waals surface area contributed by atoms with Gasteiger partial charge in [-0.3, -0.25) is 0 Å². The summed E-state index contributed by atoms with van der Waals surface area (Å²) < 4.78 is 27.7. The van der Waals surface area contributed by atoms with Crippen LogP contribution in [0.2, 0.25) is 10.0 Å². The molecule has 0 amide bonds. The van der Waals surface area contributed by atoms with E-state index in [-0.39, 0.29) is 11.8 Å². The van der Waals surface area contributed by atoms with Crippen molar-refractivity contribution in [1.82, 2.24) is 4.72 Å². The standard InChI is InChI=1S/C18H21Cl2NO2S/c1-11-7-13(3)17(8-12(11)2)14(4)21-24(22,23)10-15-5-6-16(19)9-18(15)20/h5-9,14,21H,10H2,1-4H3/t14-/m0/s1. The maximum atomic E-state index is 12.5. The first kappa shape index (κ1) is 19.3. The molecule has 0 bridgehead atoms. The molecule has 0 aromatic heterocycles. The number of hydrogen-bond donors (Lipinski definition) is 1. The van der Waals surface area contributed by atoms with Gasteiger partial charge in [-0.05, 0) is 67.6 Å². The molecule has 0 spiro atoms. The van der Waals surface area contributed by atoms with E-state index in [0.29, 0.717) is 15.6 Å². The molecule has 0 unspecified atom stereocenters. The first-order valence-corrected chi connectivity index (χ1v) is 10.0. The molecule has 2 aromatic carbocycles. The number of nitrogens with one attached hydrogen (secondary N) is 1. The molecule has 0 aliphatic carbocycles. The average molecular weight is 386 g/mol. The second kappa shape index (κ2) is 7.44. The van der Waals surface area contributed by atoms with Gasteiger partial charge in [-0.25, -0.2) is 13.1 Å². The van der Waals surface area contributed by atoms with Crippen molar-refractivity contribution in [2.45, 2.75) is 39.5 Å². The van der Waals surface area contributed by atoms with E-state index >= 15 is 0 Å². The lowest BCUT2D eigenvalue weighted by molar-refractivity contribution is 0.565. The molecule has 0 fully saturated rings. The van der Waals surface area contributed by atoms with Crippen LogP contribution in [0.15, 0.2) is 30.3 Å². The van der Waals surface area contributed by atoms with Crippen LogP contribution in [0.3, 0.4) is 0 Å². The summed E-state index contributed by atoms with van der Waals surface area (Å²) in [4.78, 5) is 0. The second-order valence-corrected chi connectivity index (χ2v) is 8.72. The van der Waals surface area contributed by atoms with Crippen molar-refractivity contribution in [3.63, 3.8) is 0 Å². The highest BCUT2D eigenvalue weighted by atomic mass is 35.5. The molecule has 130 valence electrons. The lowest BCUT2D eigenvalue weighted by Gasteiger charge is -2.19. The van der Waals surface area contributed by atoms with Crippen molar-refractivity contribution in [1.29, 1.82) is 0 Å². The molecule has 0 aliphatic rings. The summed E-state index contributed by atoms with van der Waals surface area (Å²) >= 11 is 11.9. The summed E-state index contributed by atoms with van der Waals surface area (Å²) in [6, 6.07) is 8.61. The van der Waals surface area contributed by atoms with Gasteiger partial charge in [-0.2, -0.15) is 0 Å². The number of benzene rings is 2. The molecule has 0 saturated carbocycles. The first-order chi connectivity index (χ1) is 11.1. The van der Waals surface area contributed by atoms with Crippen LogP contribution >= 0.6 is 23.2 Å². The molecule has 3 nitrogen and oxygen atoms in total. The highest BCUT2D eigenvalue weighted by Gasteiger charge is 2.19. The van der Waals surface area contributed by atoms with Crippen molar-refractivity contribution in [2.24, 2.45) is 0 Å². The third kappa shape index (κ3) is 4.73. The SMILES string of the molecule is Cc1cc(C)c([C@H](C)NS(=O)(=O)Cc2ccc(Cl)cc2Cl)cc1C. The number of halogens is 2. The topological polar surface area (TPSA) is 46.2 Å². The number of sulfonamides is 1. The van der Waals surface area contributed by atoms with E-state index in [2.05, 4.69) is 10.8 Å². The van der Waals surface area contributed by atoms with Crippen molar-refractivity contribution in [3.8, 4) is 0 Å². The Hall–Kier alpha value is -1.07. The average Bonchev–Trinajstić information content (AvgIpc) is 2.45. The van der Waals surface area contributed by atoms with Crippen molar-refractivity contribution in [2.75, 3.05) is 0 Å². The summed E-state index contributed by atoms with van der Waals surface area (Å²) in [6.45, 7) is 7.90. The fourth-order valence-electron chi connectivity index (χ4n) is 2.67. The van der Waals surface area contributed by atoms with Gasteiger partial charge in [0.2, 0.25) is 10.0 Å². The number of hydrogen-bond acceptors (Lipinski definition) is 2. The first-order valence-electron chi connectivity index (χ1n) is 7.61. The Bertz CT molecular complexity index is 864. The summed E-state index contributed by atoms with van der Waals surface area (Å²) in [5, 5.41) is 0.830. The van der Waals surface area contributed by atoms with E-state index in [1.165, 1.54) is 5.56 Å². The molecular formula is C18H21Cl2NO2S. The van der Waals surface area contributed by atoms with E-state index in [1.807, 2.05) is 33.8 Å². The van der Waals surface area contributed by atoms with Gasteiger partial charge in [0.25, 0.3) is 0 Å². The summed E-state index contributed by atoms with van der Waals surface area (Å²) in [6.07, 6.45) is 0. The quantitative estimate of drug-likeness (QED) is 0.777. The number of rotatable bonds is 5. The third-order valence-electron chi connectivity index (χ3n) is 4.07. The van der Waals surface area contributed by atoms with Crippen LogP contribution < -0.4 is 4.72 Å². The van der Waals surface area contributed by atoms with E-state index in [0.717, 1.165) is 16.7 Å². The minimum Gasteiger partial charge on any atom is -0.212 e. The number of aryl methyl sites for hydroxylation is 3. The van der Waals surface area contributed by atoms with Gasteiger partial charge in [-0.1, -0.05) is 41.4 Å². The molecule has 1 N–H and O–H groups in total. The van der Waals surface area contributed by atoms with Crippen LogP contribution in [0.25, 0.3) is 0 Å². The van der Waals surface area contributed by atoms with Crippen LogP contribution in [0.5, 0.6) is 0 Å². The third-order valence-corrected chi connectivity index (χ3v) is 6.06. The van der Waals surface area contributed by atoms with Crippen LogP contribution in [0.1, 0.15) is 40.8 Å². The van der Waals surface area contributed by atoms with Crippen LogP contribution in [-0.4, -0.2) is 8.42 Å². The molecule has 2 aromatic rings. The molecule has 2 rings (SSSR count). The molecule has 0 saturated heterocycles. The zero-order valence-corrected chi connectivity index (χ0v) is 16.5. The van der Waals surface area contributed by atoms with Gasteiger partial charge in [-0.15, -0.1) is 0 Å². The Morgan fingerprint density at radius 3 is 2.25 bits per heavy atom. The second-order valence-electron chi connectivity index (χ2n) is 6.13. The Morgan fingerprint density at radius 1 is 1.00 bits per heavy atom. The van der Waals surface area contributed by atoms with E-state index in [1.54, 1.807) is 18.2 Å². The molecule has 0 aliphatic heterocycles. The normalized spacial score (nSPS) is 13.1. The van der Waals surface area contributed by atoms with Crippen LogP contribution in [-0.2, 0) is 15.8 Å². The Balaban J connectivity index is 2.21. The fraction of sp³-hybridized carbons (Fsp3) is 0.333. The highest BCUT2D eigenvalue weighted by Crippen LogP contribution is 2.25. The van der Waals surface area contributed by atoms with E-state index in [4.69, 9.17) is 23.2 Å². The summed E-state index contributed by atoms with van der Waals surface area (Å²) in [7, 11) is -3.53. The van der Waals surface area contributed by atoms with Gasteiger partial charge >= 0.3 is 0 Å². The Morgan fingerprint density at radius 2 is 1.62 bits per heavy atom. The predicted octanol–water partition coefficient (Wildman–Crippen LogP) is 5.10. The molecule has 6 heteroatoms. The molecule has 24 heavy (non-hydrogen) atoms. The maximum Gasteiger partial charge on any atom is 0.216 e. The van der Waals surface area contributed by atoms with E-state index < -0.39 is 10.0 Å². The lowest BCUT2D eigenvalue weighted by Crippen LogP contribution is -2.28. The molecule has 1 atom stereocenters. The van der Waals surface area contributed by atoms with Crippen molar-refractivity contribution >= 4 is 33.2 Å². The van der Waals surface area contributed by atoms with E-state index in [9.17, 15) is 8.42 Å². The maximum absolute atomic E-state index is 12.5. The van der Waals surface area contributed by atoms with Gasteiger partial charge in [0, 0.05) is 16.1 Å². The van der Waals surface area contributed by atoms with Crippen LogP contribution in [0.4, 0.5) is 0 Å². The summed E-state index contributed by atoms with van der Waals surface area (Å²) in [5.41, 5.74) is 4.90. The lowest BCUT2D eigenvalue weighted by atomic mass is 9.97. The fourth-order valence-corrected chi connectivity index (χ4v) is 4.63. The Labute approximate surface area is 154 Å². The van der Waals surface area contributed by atoms with Gasteiger partial charge < -0.3 is 0 Å². The monoisotopic (exact) mass is 385 g/mol. The molecule has 0 radical (unpaired) electrons. The van der Waals surface area contributed by atoms with Crippen LogP contribution in [0, 0.1) is 20.8 Å². The van der Waals surface area contributed by atoms with Crippen molar-refractivity contribution in [3.05, 3.63) is 68.2 Å². The zero-order valence-electron chi connectivity index (χ0n) is 14.2. The smallest absolute Gasteiger partial charge is 0.212 e. The summed E-state index contributed by atoms with van der Waals surface area (Å²) in [5.74, 6) is -0.183. The Kier molecular flexibility index (Phi) is 5.97. The molecule has 0 heterocycles. The van der Waals surface area contributed by atoms with Gasteiger partial charge in [0.05, 0.1) is 5.75 Å². The van der Waals surface area contributed by atoms with Gasteiger partial charge in [0.15, 0.2) is 0 Å².